The fourth-order valence-corrected chi connectivity index (χ4v) is 3.06. The second kappa shape index (κ2) is 6.17. The molecule has 0 aromatic heterocycles. The third-order valence-corrected chi connectivity index (χ3v) is 4.04. The lowest BCUT2D eigenvalue weighted by molar-refractivity contribution is 0.0256. The quantitative estimate of drug-likeness (QED) is 0.682. The van der Waals surface area contributed by atoms with E-state index in [9.17, 15) is 0 Å². The SMILES string of the molecule is CC(C)COCCN1CC2CCCN2CC1C. The van der Waals surface area contributed by atoms with E-state index in [0.29, 0.717) is 12.0 Å². The van der Waals surface area contributed by atoms with E-state index < -0.39 is 0 Å². The van der Waals surface area contributed by atoms with Crippen LogP contribution in [0.15, 0.2) is 0 Å². The maximum atomic E-state index is 5.70. The van der Waals surface area contributed by atoms with Crippen molar-refractivity contribution in [3.8, 4) is 0 Å². The van der Waals surface area contributed by atoms with Crippen LogP contribution >= 0.6 is 0 Å². The summed E-state index contributed by atoms with van der Waals surface area (Å²) >= 11 is 0. The average Bonchev–Trinajstić information content (AvgIpc) is 2.71. The first-order valence-corrected chi connectivity index (χ1v) is 7.22. The average molecular weight is 240 g/mol. The molecule has 17 heavy (non-hydrogen) atoms. The van der Waals surface area contributed by atoms with E-state index in [0.717, 1.165) is 25.8 Å². The Kier molecular flexibility index (Phi) is 4.83. The van der Waals surface area contributed by atoms with Crippen molar-refractivity contribution in [2.45, 2.75) is 45.7 Å². The van der Waals surface area contributed by atoms with Crippen LogP contribution in [0.5, 0.6) is 0 Å². The van der Waals surface area contributed by atoms with Gasteiger partial charge in [0, 0.05) is 38.3 Å². The summed E-state index contributed by atoms with van der Waals surface area (Å²) in [6.07, 6.45) is 2.80. The Morgan fingerprint density at radius 1 is 1.29 bits per heavy atom. The second-order valence-corrected chi connectivity index (χ2v) is 6.10. The Labute approximate surface area is 106 Å². The minimum absolute atomic E-state index is 0.652. The van der Waals surface area contributed by atoms with Gasteiger partial charge in [0.1, 0.15) is 0 Å². The molecule has 0 aromatic rings. The standard InChI is InChI=1S/C14H28N2O/c1-12(2)11-17-8-7-15-10-14-5-4-6-16(14)9-13(15)3/h12-14H,4-11H2,1-3H3. The topological polar surface area (TPSA) is 15.7 Å². The van der Waals surface area contributed by atoms with Crippen LogP contribution in [0.1, 0.15) is 33.6 Å². The van der Waals surface area contributed by atoms with E-state index in [1.807, 2.05) is 0 Å². The molecule has 0 amide bonds. The molecule has 0 spiro atoms. The van der Waals surface area contributed by atoms with Gasteiger partial charge in [-0.2, -0.15) is 0 Å². The smallest absolute Gasteiger partial charge is 0.0593 e. The van der Waals surface area contributed by atoms with Gasteiger partial charge >= 0.3 is 0 Å². The fraction of sp³-hybridized carbons (Fsp3) is 1.00. The maximum absolute atomic E-state index is 5.70. The van der Waals surface area contributed by atoms with Crippen molar-refractivity contribution in [1.82, 2.24) is 9.80 Å². The molecule has 0 aromatic carbocycles. The zero-order valence-corrected chi connectivity index (χ0v) is 11.7. The Bertz CT molecular complexity index is 232. The molecule has 3 heteroatoms. The van der Waals surface area contributed by atoms with Gasteiger partial charge in [-0.1, -0.05) is 13.8 Å². The summed E-state index contributed by atoms with van der Waals surface area (Å²) in [6.45, 7) is 13.5. The number of rotatable bonds is 5. The van der Waals surface area contributed by atoms with Gasteiger partial charge in [0.2, 0.25) is 0 Å². The van der Waals surface area contributed by atoms with Gasteiger partial charge in [0.25, 0.3) is 0 Å². The summed E-state index contributed by atoms with van der Waals surface area (Å²) in [4.78, 5) is 5.29. The van der Waals surface area contributed by atoms with Crippen LogP contribution in [0, 0.1) is 5.92 Å². The molecular formula is C14H28N2O. The van der Waals surface area contributed by atoms with E-state index in [1.165, 1.54) is 32.5 Å². The lowest BCUT2D eigenvalue weighted by atomic mass is 10.1. The van der Waals surface area contributed by atoms with Gasteiger partial charge in [0.05, 0.1) is 6.61 Å². The molecule has 3 nitrogen and oxygen atoms in total. The normalized spacial score (nSPS) is 31.1. The Hall–Kier alpha value is -0.120. The summed E-state index contributed by atoms with van der Waals surface area (Å²) in [7, 11) is 0. The molecule has 0 bridgehead atoms. The van der Waals surface area contributed by atoms with Crippen LogP contribution in [0.25, 0.3) is 0 Å². The third kappa shape index (κ3) is 3.67. The van der Waals surface area contributed by atoms with Crippen LogP contribution in [-0.2, 0) is 4.74 Å². The number of hydrogen-bond acceptors (Lipinski definition) is 3. The van der Waals surface area contributed by atoms with Crippen LogP contribution < -0.4 is 0 Å². The van der Waals surface area contributed by atoms with Gasteiger partial charge in [-0.05, 0) is 32.2 Å². The van der Waals surface area contributed by atoms with Gasteiger partial charge in [-0.25, -0.2) is 0 Å². The lowest BCUT2D eigenvalue weighted by Crippen LogP contribution is -2.55. The highest BCUT2D eigenvalue weighted by Crippen LogP contribution is 2.24. The number of fused-ring (bicyclic) bond motifs is 1. The van der Waals surface area contributed by atoms with Gasteiger partial charge < -0.3 is 4.74 Å². The number of nitrogens with zero attached hydrogens (tertiary/aromatic N) is 2. The third-order valence-electron chi connectivity index (χ3n) is 4.04. The first kappa shape index (κ1) is 13.3. The van der Waals surface area contributed by atoms with Crippen molar-refractivity contribution < 1.29 is 4.74 Å². The Balaban J connectivity index is 1.69. The molecule has 2 atom stereocenters. The molecule has 2 aliphatic heterocycles. The molecule has 0 N–H and O–H groups in total. The molecule has 0 saturated carbocycles. The molecule has 2 unspecified atom stereocenters. The molecule has 0 radical (unpaired) electrons. The summed E-state index contributed by atoms with van der Waals surface area (Å²) in [5.74, 6) is 0.652. The molecule has 2 saturated heterocycles. The maximum Gasteiger partial charge on any atom is 0.0593 e. The molecule has 2 aliphatic rings. The van der Waals surface area contributed by atoms with E-state index >= 15 is 0 Å². The first-order chi connectivity index (χ1) is 8.16. The van der Waals surface area contributed by atoms with E-state index in [-0.39, 0.29) is 0 Å². The fourth-order valence-electron chi connectivity index (χ4n) is 3.06. The van der Waals surface area contributed by atoms with Gasteiger partial charge in [0.15, 0.2) is 0 Å². The largest absolute Gasteiger partial charge is 0.380 e. The van der Waals surface area contributed by atoms with Crippen molar-refractivity contribution in [1.29, 1.82) is 0 Å². The van der Waals surface area contributed by atoms with Crippen LogP contribution in [0.4, 0.5) is 0 Å². The zero-order chi connectivity index (χ0) is 12.3. The highest BCUT2D eigenvalue weighted by atomic mass is 16.5. The van der Waals surface area contributed by atoms with E-state index in [4.69, 9.17) is 4.74 Å². The minimum Gasteiger partial charge on any atom is -0.380 e. The summed E-state index contributed by atoms with van der Waals surface area (Å²) in [5, 5.41) is 0. The Morgan fingerprint density at radius 3 is 2.88 bits per heavy atom. The lowest BCUT2D eigenvalue weighted by Gasteiger charge is -2.42. The van der Waals surface area contributed by atoms with Crippen molar-refractivity contribution in [2.24, 2.45) is 5.92 Å². The summed E-state index contributed by atoms with van der Waals surface area (Å²) in [5.41, 5.74) is 0. The Morgan fingerprint density at radius 2 is 2.12 bits per heavy atom. The molecule has 2 fully saturated rings. The molecule has 0 aliphatic carbocycles. The van der Waals surface area contributed by atoms with Crippen molar-refractivity contribution >= 4 is 0 Å². The summed E-state index contributed by atoms with van der Waals surface area (Å²) < 4.78 is 5.70. The van der Waals surface area contributed by atoms with E-state index in [2.05, 4.69) is 30.6 Å². The monoisotopic (exact) mass is 240 g/mol. The predicted octanol–water partition coefficient (Wildman–Crippen LogP) is 1.83. The van der Waals surface area contributed by atoms with Crippen molar-refractivity contribution in [2.75, 3.05) is 39.4 Å². The van der Waals surface area contributed by atoms with Gasteiger partial charge in [-0.3, -0.25) is 9.80 Å². The predicted molar refractivity (Wildman–Crippen MR) is 71.3 cm³/mol. The minimum atomic E-state index is 0.652. The number of ether oxygens (including phenoxy) is 1. The molecule has 2 rings (SSSR count). The van der Waals surface area contributed by atoms with Crippen LogP contribution in [0.2, 0.25) is 0 Å². The number of hydrogen-bond donors (Lipinski definition) is 0. The first-order valence-electron chi connectivity index (χ1n) is 7.22. The zero-order valence-electron chi connectivity index (χ0n) is 11.7. The molecule has 100 valence electrons. The van der Waals surface area contributed by atoms with Gasteiger partial charge in [-0.15, -0.1) is 0 Å². The number of piperazine rings is 1. The second-order valence-electron chi connectivity index (χ2n) is 6.10. The van der Waals surface area contributed by atoms with E-state index in [1.54, 1.807) is 0 Å². The highest BCUT2D eigenvalue weighted by molar-refractivity contribution is 4.90. The van der Waals surface area contributed by atoms with Crippen molar-refractivity contribution in [3.63, 3.8) is 0 Å². The van der Waals surface area contributed by atoms with Crippen LogP contribution in [-0.4, -0.2) is 61.3 Å². The van der Waals surface area contributed by atoms with Crippen molar-refractivity contribution in [3.05, 3.63) is 0 Å². The van der Waals surface area contributed by atoms with Crippen LogP contribution in [0.3, 0.4) is 0 Å². The molecular weight excluding hydrogens is 212 g/mol. The highest BCUT2D eigenvalue weighted by Gasteiger charge is 2.33. The summed E-state index contributed by atoms with van der Waals surface area (Å²) in [6, 6.07) is 1.53. The molecule has 2 heterocycles.